The molecule has 2 rings (SSSR count). The average molecular weight is 149 g/mol. The summed E-state index contributed by atoms with van der Waals surface area (Å²) in [6, 6.07) is 2.31. The largest absolute Gasteiger partial charge is 0.198 e. The molecule has 2 aliphatic rings. The van der Waals surface area contributed by atoms with Crippen molar-refractivity contribution in [3.05, 3.63) is 0 Å². The Morgan fingerprint density at radius 3 is 2.09 bits per heavy atom. The molecule has 2 atom stereocenters. The number of rotatable bonds is 1. The van der Waals surface area contributed by atoms with E-state index in [0.717, 1.165) is 0 Å². The molecule has 0 amide bonds. The van der Waals surface area contributed by atoms with Crippen molar-refractivity contribution >= 4 is 0 Å². The van der Waals surface area contributed by atoms with Gasteiger partial charge in [0.15, 0.2) is 5.66 Å². The maximum Gasteiger partial charge on any atom is 0.192 e. The Kier molecular flexibility index (Phi) is 0.908. The van der Waals surface area contributed by atoms with Gasteiger partial charge in [-0.25, -0.2) is 0 Å². The minimum absolute atomic E-state index is 0.132. The highest BCUT2D eigenvalue weighted by molar-refractivity contribution is 5.23. The Labute approximate surface area is 66.1 Å². The normalized spacial score (nSPS) is 41.3. The first-order valence-corrected chi connectivity index (χ1v) is 3.86. The van der Waals surface area contributed by atoms with Crippen LogP contribution in [0.4, 0.5) is 0 Å². The Balaban J connectivity index is 2.16. The molecule has 0 N–H and O–H groups in total. The highest BCUT2D eigenvalue weighted by Gasteiger charge is 2.69. The van der Waals surface area contributed by atoms with E-state index in [1.165, 1.54) is 0 Å². The molecule has 1 heterocycles. The minimum Gasteiger partial charge on any atom is -0.198 e. The van der Waals surface area contributed by atoms with Crippen LogP contribution in [0.5, 0.6) is 0 Å². The van der Waals surface area contributed by atoms with E-state index in [2.05, 4.69) is 30.1 Å². The fraction of sp³-hybridized carbons (Fsp3) is 0.875. The molecule has 11 heavy (non-hydrogen) atoms. The molecular formula is C8H11N3. The summed E-state index contributed by atoms with van der Waals surface area (Å²) in [5, 5.41) is 16.7. The van der Waals surface area contributed by atoms with Crippen LogP contribution >= 0.6 is 0 Å². The highest BCUT2D eigenvalue weighted by Crippen LogP contribution is 2.66. The van der Waals surface area contributed by atoms with Crippen LogP contribution in [0.1, 0.15) is 20.8 Å². The highest BCUT2D eigenvalue weighted by atomic mass is 15.4. The molecule has 0 aromatic heterocycles. The summed E-state index contributed by atoms with van der Waals surface area (Å²) in [7, 11) is 0. The van der Waals surface area contributed by atoms with E-state index in [-0.39, 0.29) is 17.0 Å². The van der Waals surface area contributed by atoms with Crippen molar-refractivity contribution in [1.82, 2.24) is 0 Å². The molecule has 1 aliphatic carbocycles. The topological polar surface area (TPSA) is 48.5 Å². The SMILES string of the molecule is CC1([C@H]2[C@H](C#N)C2(C)C)N=N1. The summed E-state index contributed by atoms with van der Waals surface area (Å²) in [5.41, 5.74) is -0.0725. The Bertz CT molecular complexity index is 266. The van der Waals surface area contributed by atoms with E-state index in [4.69, 9.17) is 5.26 Å². The van der Waals surface area contributed by atoms with Gasteiger partial charge in [0.1, 0.15) is 0 Å². The van der Waals surface area contributed by atoms with Gasteiger partial charge in [-0.15, -0.1) is 0 Å². The third kappa shape index (κ3) is 0.671. The summed E-state index contributed by atoms with van der Waals surface area (Å²) in [5.74, 6) is 0.516. The summed E-state index contributed by atoms with van der Waals surface area (Å²) in [6.07, 6.45) is 0. The van der Waals surface area contributed by atoms with Crippen molar-refractivity contribution in [2.75, 3.05) is 0 Å². The third-order valence-electron chi connectivity index (χ3n) is 2.97. The van der Waals surface area contributed by atoms with E-state index < -0.39 is 0 Å². The van der Waals surface area contributed by atoms with Gasteiger partial charge in [0.25, 0.3) is 0 Å². The van der Waals surface area contributed by atoms with Crippen LogP contribution in [-0.4, -0.2) is 5.66 Å². The van der Waals surface area contributed by atoms with Crippen LogP contribution < -0.4 is 0 Å². The van der Waals surface area contributed by atoms with Gasteiger partial charge >= 0.3 is 0 Å². The molecular weight excluding hydrogens is 138 g/mol. The zero-order valence-corrected chi connectivity index (χ0v) is 7.00. The first-order valence-electron chi connectivity index (χ1n) is 3.86. The van der Waals surface area contributed by atoms with Crippen LogP contribution in [-0.2, 0) is 0 Å². The Morgan fingerprint density at radius 2 is 1.82 bits per heavy atom. The zero-order chi connectivity index (χ0) is 8.28. The summed E-state index contributed by atoms with van der Waals surface area (Å²) >= 11 is 0. The van der Waals surface area contributed by atoms with E-state index >= 15 is 0 Å². The van der Waals surface area contributed by atoms with Crippen molar-refractivity contribution in [3.8, 4) is 6.07 Å². The molecule has 0 spiro atoms. The molecule has 0 unspecified atom stereocenters. The quantitative estimate of drug-likeness (QED) is 0.562. The number of hydrogen-bond donors (Lipinski definition) is 0. The Morgan fingerprint density at radius 1 is 1.27 bits per heavy atom. The molecule has 0 saturated heterocycles. The average Bonchev–Trinajstić information content (AvgIpc) is 2.72. The van der Waals surface area contributed by atoms with E-state index in [0.29, 0.717) is 5.92 Å². The van der Waals surface area contributed by atoms with E-state index in [1.54, 1.807) is 0 Å². The van der Waals surface area contributed by atoms with Crippen LogP contribution in [0.25, 0.3) is 0 Å². The van der Waals surface area contributed by atoms with Crippen LogP contribution in [0.2, 0.25) is 0 Å². The summed E-state index contributed by atoms with van der Waals surface area (Å²) < 4.78 is 0. The van der Waals surface area contributed by atoms with Crippen molar-refractivity contribution in [2.45, 2.75) is 26.4 Å². The monoisotopic (exact) mass is 149 g/mol. The molecule has 0 aromatic carbocycles. The molecule has 3 heteroatoms. The van der Waals surface area contributed by atoms with Gasteiger partial charge in [-0.3, -0.25) is 0 Å². The van der Waals surface area contributed by atoms with Crippen molar-refractivity contribution in [3.63, 3.8) is 0 Å². The second-order valence-corrected chi connectivity index (χ2v) is 4.20. The predicted molar refractivity (Wildman–Crippen MR) is 39.6 cm³/mol. The van der Waals surface area contributed by atoms with Gasteiger partial charge in [0.2, 0.25) is 0 Å². The van der Waals surface area contributed by atoms with Crippen LogP contribution in [0.15, 0.2) is 10.2 Å². The van der Waals surface area contributed by atoms with E-state index in [9.17, 15) is 0 Å². The molecule has 1 saturated carbocycles. The number of hydrogen-bond acceptors (Lipinski definition) is 3. The van der Waals surface area contributed by atoms with Crippen molar-refractivity contribution < 1.29 is 0 Å². The van der Waals surface area contributed by atoms with Gasteiger partial charge in [0, 0.05) is 5.92 Å². The Hall–Kier alpha value is -0.910. The zero-order valence-electron chi connectivity index (χ0n) is 7.00. The number of nitriles is 1. The molecule has 0 radical (unpaired) electrons. The second kappa shape index (κ2) is 1.47. The summed E-state index contributed by atoms with van der Waals surface area (Å²) in [6.45, 7) is 6.22. The maximum absolute atomic E-state index is 8.77. The van der Waals surface area contributed by atoms with Gasteiger partial charge in [0.05, 0.1) is 12.0 Å². The lowest BCUT2D eigenvalue weighted by Crippen LogP contribution is -2.11. The number of nitrogens with zero attached hydrogens (tertiary/aromatic N) is 3. The third-order valence-corrected chi connectivity index (χ3v) is 2.97. The van der Waals surface area contributed by atoms with Gasteiger partial charge in [-0.2, -0.15) is 15.5 Å². The van der Waals surface area contributed by atoms with Crippen LogP contribution in [0, 0.1) is 28.6 Å². The molecule has 1 fully saturated rings. The minimum atomic E-state index is -0.204. The first-order chi connectivity index (χ1) is 5.02. The maximum atomic E-state index is 8.77. The molecule has 58 valence electrons. The fourth-order valence-corrected chi connectivity index (χ4v) is 2.10. The first kappa shape index (κ1) is 6.78. The van der Waals surface area contributed by atoms with E-state index in [1.807, 2.05) is 6.92 Å². The predicted octanol–water partition coefficient (Wildman–Crippen LogP) is 1.96. The summed E-state index contributed by atoms with van der Waals surface area (Å²) in [4.78, 5) is 0. The van der Waals surface area contributed by atoms with Crippen LogP contribution in [0.3, 0.4) is 0 Å². The second-order valence-electron chi connectivity index (χ2n) is 4.20. The van der Waals surface area contributed by atoms with Crippen molar-refractivity contribution in [1.29, 1.82) is 5.26 Å². The molecule has 3 nitrogen and oxygen atoms in total. The van der Waals surface area contributed by atoms with Crippen molar-refractivity contribution in [2.24, 2.45) is 27.5 Å². The molecule has 0 aromatic rings. The van der Waals surface area contributed by atoms with Gasteiger partial charge in [-0.05, 0) is 12.3 Å². The molecule has 0 bridgehead atoms. The molecule has 1 aliphatic heterocycles. The fourth-order valence-electron chi connectivity index (χ4n) is 2.10. The standard InChI is InChI=1S/C8H11N3/c1-7(2)5(4-9)6(7)8(3)10-11-8/h5-6H,1-3H3/t5-,6-/m0/s1. The lowest BCUT2D eigenvalue weighted by Gasteiger charge is -2.03. The smallest absolute Gasteiger partial charge is 0.192 e. The van der Waals surface area contributed by atoms with Gasteiger partial charge in [-0.1, -0.05) is 13.8 Å². The lowest BCUT2D eigenvalue weighted by molar-refractivity contribution is 0.461. The lowest BCUT2D eigenvalue weighted by atomic mass is 10.0. The van der Waals surface area contributed by atoms with Gasteiger partial charge < -0.3 is 0 Å².